The molecule has 0 N–H and O–H groups in total. The maximum absolute atomic E-state index is 6.00. The first-order chi connectivity index (χ1) is 12.2. The molecule has 3 aromatic carbocycles. The molecule has 2 heteroatoms. The van der Waals surface area contributed by atoms with E-state index in [9.17, 15) is 0 Å². The van der Waals surface area contributed by atoms with Crippen LogP contribution in [-0.2, 0) is 4.74 Å². The van der Waals surface area contributed by atoms with Gasteiger partial charge < -0.3 is 0 Å². The van der Waals surface area contributed by atoms with Gasteiger partial charge in [-0.25, -0.2) is 0 Å². The second-order valence-electron chi connectivity index (χ2n) is 6.67. The predicted molar refractivity (Wildman–Crippen MR) is 112 cm³/mol. The molecule has 0 saturated heterocycles. The Balaban J connectivity index is 2.16. The zero-order chi connectivity index (χ0) is 17.5. The van der Waals surface area contributed by atoms with Crippen molar-refractivity contribution in [3.63, 3.8) is 0 Å². The molecule has 130 valence electrons. The molecule has 0 aliphatic carbocycles. The van der Waals surface area contributed by atoms with Crippen LogP contribution in [0.15, 0.2) is 91.0 Å². The molecule has 0 aliphatic heterocycles. The molecular formula is C23H27OP. The van der Waals surface area contributed by atoms with Gasteiger partial charge in [-0.2, -0.15) is 0 Å². The van der Waals surface area contributed by atoms with Crippen LogP contribution in [0.1, 0.15) is 13.8 Å². The van der Waals surface area contributed by atoms with E-state index in [4.69, 9.17) is 4.74 Å². The third-order valence-corrected chi connectivity index (χ3v) is 9.64. The van der Waals surface area contributed by atoms with Crippen LogP contribution in [-0.4, -0.2) is 18.9 Å². The monoisotopic (exact) mass is 350 g/mol. The molecule has 0 aliphatic rings. The molecule has 3 rings (SSSR count). The Kier molecular flexibility index (Phi) is 6.02. The van der Waals surface area contributed by atoms with Gasteiger partial charge in [-0.15, -0.1) is 0 Å². The van der Waals surface area contributed by atoms with E-state index in [0.29, 0.717) is 0 Å². The van der Waals surface area contributed by atoms with Gasteiger partial charge >= 0.3 is 152 Å². The van der Waals surface area contributed by atoms with Crippen LogP contribution in [0.3, 0.4) is 0 Å². The molecule has 0 saturated carbocycles. The summed E-state index contributed by atoms with van der Waals surface area (Å²) in [6.45, 7) is 5.00. The Morgan fingerprint density at radius 1 is 0.640 bits per heavy atom. The van der Waals surface area contributed by atoms with Crippen molar-refractivity contribution >= 4 is 23.2 Å². The van der Waals surface area contributed by atoms with Gasteiger partial charge in [0.15, 0.2) is 0 Å². The van der Waals surface area contributed by atoms with Crippen LogP contribution in [0.25, 0.3) is 0 Å². The number of ether oxygens (including phenoxy) is 1. The average Bonchev–Trinajstić information content (AvgIpc) is 2.67. The van der Waals surface area contributed by atoms with Crippen LogP contribution in [0.5, 0.6) is 0 Å². The summed E-state index contributed by atoms with van der Waals surface area (Å²) in [4.78, 5) is 0. The Hall–Kier alpha value is -1.95. The molecule has 25 heavy (non-hydrogen) atoms. The minimum atomic E-state index is -2.12. The number of benzene rings is 3. The summed E-state index contributed by atoms with van der Waals surface area (Å²) in [5.74, 6) is 0. The first-order valence-electron chi connectivity index (χ1n) is 9.01. The molecule has 0 spiro atoms. The maximum atomic E-state index is 6.00. The first kappa shape index (κ1) is 17.9. The van der Waals surface area contributed by atoms with Gasteiger partial charge in [0.25, 0.3) is 0 Å². The van der Waals surface area contributed by atoms with Gasteiger partial charge in [0.1, 0.15) is 0 Å². The Morgan fingerprint density at radius 3 is 1.32 bits per heavy atom. The molecule has 0 bridgehead atoms. The standard InChI is InChI=1S/C23H27OP/c1-20(2)24-18-19-25(21-12-6-3-7-13-21,22-14-8-4-9-15-22)23-16-10-5-11-17-23/h3-17,20,25H,18-19H2,1-2H3. The molecule has 0 unspecified atom stereocenters. The molecule has 0 radical (unpaired) electrons. The third-order valence-electron chi connectivity index (χ3n) is 4.73. The van der Waals surface area contributed by atoms with Crippen molar-refractivity contribution in [2.24, 2.45) is 0 Å². The fraction of sp³-hybridized carbons (Fsp3) is 0.217. The van der Waals surface area contributed by atoms with Gasteiger partial charge in [0.2, 0.25) is 0 Å². The number of rotatable bonds is 7. The fourth-order valence-electron chi connectivity index (χ4n) is 3.55. The van der Waals surface area contributed by atoms with E-state index < -0.39 is 7.26 Å². The summed E-state index contributed by atoms with van der Waals surface area (Å²) in [6, 6.07) is 33.0. The van der Waals surface area contributed by atoms with Crippen LogP contribution in [0.2, 0.25) is 0 Å². The van der Waals surface area contributed by atoms with Crippen molar-refractivity contribution in [2.75, 3.05) is 12.8 Å². The van der Waals surface area contributed by atoms with Crippen LogP contribution in [0, 0.1) is 0 Å². The fourth-order valence-corrected chi connectivity index (χ4v) is 8.12. The van der Waals surface area contributed by atoms with E-state index in [1.807, 2.05) is 0 Å². The van der Waals surface area contributed by atoms with Crippen molar-refractivity contribution in [3.05, 3.63) is 91.0 Å². The summed E-state index contributed by atoms with van der Waals surface area (Å²) in [7, 11) is -2.12. The summed E-state index contributed by atoms with van der Waals surface area (Å²) in [6.07, 6.45) is 1.30. The molecule has 0 amide bonds. The third kappa shape index (κ3) is 4.00. The van der Waals surface area contributed by atoms with Crippen LogP contribution >= 0.6 is 7.26 Å². The van der Waals surface area contributed by atoms with Crippen molar-refractivity contribution < 1.29 is 4.74 Å². The molecular weight excluding hydrogens is 323 g/mol. The zero-order valence-electron chi connectivity index (χ0n) is 15.1. The summed E-state index contributed by atoms with van der Waals surface area (Å²) in [5.41, 5.74) is 0. The van der Waals surface area contributed by atoms with Crippen molar-refractivity contribution in [2.45, 2.75) is 20.0 Å². The summed E-state index contributed by atoms with van der Waals surface area (Å²) >= 11 is 0. The van der Waals surface area contributed by atoms with Crippen LogP contribution in [0.4, 0.5) is 0 Å². The molecule has 3 aromatic rings. The minimum absolute atomic E-state index is 0.258. The topological polar surface area (TPSA) is 9.23 Å². The van der Waals surface area contributed by atoms with Crippen molar-refractivity contribution in [1.82, 2.24) is 0 Å². The van der Waals surface area contributed by atoms with Crippen LogP contribution < -0.4 is 15.9 Å². The molecule has 0 heterocycles. The second kappa shape index (κ2) is 8.43. The number of hydrogen-bond acceptors (Lipinski definition) is 1. The van der Waals surface area contributed by atoms with Gasteiger partial charge in [0.05, 0.1) is 0 Å². The van der Waals surface area contributed by atoms with E-state index in [-0.39, 0.29) is 6.10 Å². The first-order valence-corrected chi connectivity index (χ1v) is 11.2. The van der Waals surface area contributed by atoms with E-state index >= 15 is 0 Å². The van der Waals surface area contributed by atoms with E-state index in [0.717, 1.165) is 12.8 Å². The zero-order valence-corrected chi connectivity index (χ0v) is 16.1. The van der Waals surface area contributed by atoms with E-state index in [1.165, 1.54) is 15.9 Å². The molecule has 0 aromatic heterocycles. The molecule has 0 atom stereocenters. The van der Waals surface area contributed by atoms with Gasteiger partial charge in [-0.1, -0.05) is 0 Å². The summed E-state index contributed by atoms with van der Waals surface area (Å²) < 4.78 is 6.00. The van der Waals surface area contributed by atoms with Crippen molar-refractivity contribution in [1.29, 1.82) is 0 Å². The average molecular weight is 350 g/mol. The van der Waals surface area contributed by atoms with Gasteiger partial charge in [-0.3, -0.25) is 0 Å². The second-order valence-corrected chi connectivity index (χ2v) is 10.7. The Bertz CT molecular complexity index is 657. The predicted octanol–water partition coefficient (Wildman–Crippen LogP) is 4.14. The Morgan fingerprint density at radius 2 is 1.00 bits per heavy atom. The van der Waals surface area contributed by atoms with E-state index in [2.05, 4.69) is 105 Å². The van der Waals surface area contributed by atoms with Crippen molar-refractivity contribution in [3.8, 4) is 0 Å². The molecule has 1 nitrogen and oxygen atoms in total. The quantitative estimate of drug-likeness (QED) is 0.582. The van der Waals surface area contributed by atoms with Gasteiger partial charge in [0, 0.05) is 0 Å². The van der Waals surface area contributed by atoms with E-state index in [1.54, 1.807) is 0 Å². The summed E-state index contributed by atoms with van der Waals surface area (Å²) in [5, 5.41) is 4.33. The normalized spacial score (nSPS) is 12.3. The Labute approximate surface area is 152 Å². The van der Waals surface area contributed by atoms with Gasteiger partial charge in [-0.05, 0) is 0 Å². The molecule has 0 fully saturated rings. The SMILES string of the molecule is CC(C)OCC[PH](c1ccccc1)(c1ccccc1)c1ccccc1. The number of hydrogen-bond donors (Lipinski definition) is 0.